The summed E-state index contributed by atoms with van der Waals surface area (Å²) in [5.41, 5.74) is 30.3. The molecule has 0 spiro atoms. The molecule has 9 nitrogen and oxygen atoms in total. The van der Waals surface area contributed by atoms with Gasteiger partial charge < -0.3 is 32.7 Å². The Balaban J connectivity index is 1.43. The summed E-state index contributed by atoms with van der Waals surface area (Å²) in [5.74, 6) is -0.546. The van der Waals surface area contributed by atoms with Gasteiger partial charge in [-0.3, -0.25) is 14.6 Å². The van der Waals surface area contributed by atoms with Crippen molar-refractivity contribution in [3.05, 3.63) is 149 Å². The zero-order chi connectivity index (χ0) is 31.1. The standard InChI is InChI=1S/C35H35N7O2/c36-29-9-1-24(2-10-29)20-41(21-25-3-11-30(37)12-4-25)34(43)28-17-18-40-33(19-28)35(44)42(22-26-5-13-31(38)14-6-26)23-27-7-15-32(39)16-8-27/h1-19H,20-23,36-39H2. The molecule has 4 aromatic carbocycles. The van der Waals surface area contributed by atoms with E-state index in [4.69, 9.17) is 22.9 Å². The van der Waals surface area contributed by atoms with Crippen LogP contribution in [0.3, 0.4) is 0 Å². The van der Waals surface area contributed by atoms with Gasteiger partial charge >= 0.3 is 0 Å². The predicted octanol–water partition coefficient (Wildman–Crippen LogP) is 5.10. The van der Waals surface area contributed by atoms with Gasteiger partial charge in [-0.2, -0.15) is 0 Å². The zero-order valence-corrected chi connectivity index (χ0v) is 24.3. The Morgan fingerprint density at radius 2 is 0.795 bits per heavy atom. The van der Waals surface area contributed by atoms with Crippen LogP contribution in [0.15, 0.2) is 115 Å². The van der Waals surface area contributed by atoms with E-state index < -0.39 is 0 Å². The van der Waals surface area contributed by atoms with Crippen molar-refractivity contribution < 1.29 is 9.59 Å². The lowest BCUT2D eigenvalue weighted by Crippen LogP contribution is -2.32. The number of pyridine rings is 1. The van der Waals surface area contributed by atoms with E-state index in [1.165, 1.54) is 6.20 Å². The molecule has 0 radical (unpaired) electrons. The summed E-state index contributed by atoms with van der Waals surface area (Å²) in [5, 5.41) is 0. The maximum atomic E-state index is 14.0. The molecule has 9 heteroatoms. The summed E-state index contributed by atoms with van der Waals surface area (Å²) in [6.07, 6.45) is 1.50. The predicted molar refractivity (Wildman–Crippen MR) is 175 cm³/mol. The lowest BCUT2D eigenvalue weighted by molar-refractivity contribution is 0.0722. The van der Waals surface area contributed by atoms with Crippen LogP contribution in [0.1, 0.15) is 43.1 Å². The van der Waals surface area contributed by atoms with Crippen molar-refractivity contribution in [2.75, 3.05) is 22.9 Å². The summed E-state index contributed by atoms with van der Waals surface area (Å²) < 4.78 is 0. The fourth-order valence-electron chi connectivity index (χ4n) is 4.80. The maximum Gasteiger partial charge on any atom is 0.273 e. The molecule has 0 saturated heterocycles. The van der Waals surface area contributed by atoms with Gasteiger partial charge in [0.1, 0.15) is 5.69 Å². The van der Waals surface area contributed by atoms with E-state index in [0.29, 0.717) is 54.5 Å². The normalized spacial score (nSPS) is 10.7. The van der Waals surface area contributed by atoms with Gasteiger partial charge in [-0.1, -0.05) is 48.5 Å². The molecule has 1 aromatic heterocycles. The van der Waals surface area contributed by atoms with Crippen LogP contribution in [-0.2, 0) is 26.2 Å². The van der Waals surface area contributed by atoms with E-state index in [2.05, 4.69) is 4.98 Å². The number of nitrogen functional groups attached to an aromatic ring is 4. The Hall–Kier alpha value is -5.83. The second kappa shape index (κ2) is 13.4. The Bertz CT molecular complexity index is 1500. The molecule has 8 N–H and O–H groups in total. The van der Waals surface area contributed by atoms with E-state index in [9.17, 15) is 9.59 Å². The van der Waals surface area contributed by atoms with Gasteiger partial charge in [0.25, 0.3) is 11.8 Å². The number of nitrogens with two attached hydrogens (primary N) is 4. The Kier molecular flexibility index (Phi) is 9.05. The van der Waals surface area contributed by atoms with E-state index >= 15 is 0 Å². The lowest BCUT2D eigenvalue weighted by Gasteiger charge is -2.25. The van der Waals surface area contributed by atoms with Crippen molar-refractivity contribution in [2.24, 2.45) is 0 Å². The Morgan fingerprint density at radius 1 is 0.477 bits per heavy atom. The van der Waals surface area contributed by atoms with E-state index in [1.807, 2.05) is 48.5 Å². The second-order valence-electron chi connectivity index (χ2n) is 10.7. The number of nitrogens with zero attached hydrogens (tertiary/aromatic N) is 3. The van der Waals surface area contributed by atoms with Crippen LogP contribution >= 0.6 is 0 Å². The van der Waals surface area contributed by atoms with Crippen LogP contribution < -0.4 is 22.9 Å². The van der Waals surface area contributed by atoms with E-state index in [1.54, 1.807) is 70.5 Å². The van der Waals surface area contributed by atoms with Gasteiger partial charge in [-0.05, 0) is 82.9 Å². The van der Waals surface area contributed by atoms with Crippen molar-refractivity contribution in [3.8, 4) is 0 Å². The average molecular weight is 586 g/mol. The molecule has 1 heterocycles. The molecule has 0 saturated carbocycles. The number of carbonyl (C=O) groups excluding carboxylic acids is 2. The first-order valence-corrected chi connectivity index (χ1v) is 14.2. The first-order valence-electron chi connectivity index (χ1n) is 14.2. The summed E-state index contributed by atoms with van der Waals surface area (Å²) in [7, 11) is 0. The van der Waals surface area contributed by atoms with Gasteiger partial charge in [0.05, 0.1) is 0 Å². The van der Waals surface area contributed by atoms with Crippen molar-refractivity contribution >= 4 is 34.6 Å². The van der Waals surface area contributed by atoms with Crippen LogP contribution in [0.25, 0.3) is 0 Å². The van der Waals surface area contributed by atoms with Gasteiger partial charge in [0.2, 0.25) is 0 Å². The molecule has 0 aliphatic carbocycles. The fraction of sp³-hybridized carbons (Fsp3) is 0.114. The molecule has 0 bridgehead atoms. The third-order valence-electron chi connectivity index (χ3n) is 7.21. The highest BCUT2D eigenvalue weighted by Gasteiger charge is 2.22. The Morgan fingerprint density at radius 3 is 1.14 bits per heavy atom. The highest BCUT2D eigenvalue weighted by Crippen LogP contribution is 2.20. The van der Waals surface area contributed by atoms with Gasteiger partial charge in [-0.25, -0.2) is 0 Å². The highest BCUT2D eigenvalue weighted by atomic mass is 16.2. The number of carbonyl (C=O) groups is 2. The summed E-state index contributed by atoms with van der Waals surface area (Å²) in [4.78, 5) is 35.7. The monoisotopic (exact) mass is 585 g/mol. The number of aromatic nitrogens is 1. The van der Waals surface area contributed by atoms with Crippen LogP contribution in [0, 0.1) is 0 Å². The molecule has 5 rings (SSSR count). The minimum Gasteiger partial charge on any atom is -0.399 e. The largest absolute Gasteiger partial charge is 0.399 e. The first-order chi connectivity index (χ1) is 21.2. The molecule has 2 amide bonds. The van der Waals surface area contributed by atoms with E-state index in [0.717, 1.165) is 22.3 Å². The van der Waals surface area contributed by atoms with Crippen molar-refractivity contribution in [2.45, 2.75) is 26.2 Å². The summed E-state index contributed by atoms with van der Waals surface area (Å²) in [6, 6.07) is 32.7. The van der Waals surface area contributed by atoms with Crippen LogP contribution in [0.5, 0.6) is 0 Å². The molecule has 0 aliphatic heterocycles. The molecule has 222 valence electrons. The molecule has 0 fully saturated rings. The number of amides is 2. The lowest BCUT2D eigenvalue weighted by atomic mass is 10.1. The molecule has 5 aromatic rings. The van der Waals surface area contributed by atoms with Crippen LogP contribution in [0.2, 0.25) is 0 Å². The number of hydrogen-bond acceptors (Lipinski definition) is 7. The summed E-state index contributed by atoms with van der Waals surface area (Å²) in [6.45, 7) is 1.33. The first kappa shape index (κ1) is 29.7. The fourth-order valence-corrected chi connectivity index (χ4v) is 4.80. The van der Waals surface area contributed by atoms with Gasteiger partial charge in [-0.15, -0.1) is 0 Å². The average Bonchev–Trinajstić information content (AvgIpc) is 3.04. The van der Waals surface area contributed by atoms with Crippen molar-refractivity contribution in [1.82, 2.24) is 14.8 Å². The molecular formula is C35H35N7O2. The SMILES string of the molecule is Nc1ccc(CN(Cc2ccc(N)cc2)C(=O)c2ccnc(C(=O)N(Cc3ccc(N)cc3)Cc3ccc(N)cc3)c2)cc1. The number of rotatable bonds is 10. The third kappa shape index (κ3) is 7.71. The van der Waals surface area contributed by atoms with Crippen LogP contribution in [0.4, 0.5) is 22.7 Å². The highest BCUT2D eigenvalue weighted by molar-refractivity contribution is 5.98. The number of benzene rings is 4. The molecule has 0 aliphatic rings. The molecule has 0 atom stereocenters. The third-order valence-corrected chi connectivity index (χ3v) is 7.21. The minimum atomic E-state index is -0.308. The quantitative estimate of drug-likeness (QED) is 0.166. The van der Waals surface area contributed by atoms with Crippen molar-refractivity contribution in [1.29, 1.82) is 0 Å². The van der Waals surface area contributed by atoms with Gasteiger partial charge in [0.15, 0.2) is 0 Å². The molecule has 44 heavy (non-hydrogen) atoms. The van der Waals surface area contributed by atoms with Gasteiger partial charge in [0, 0.05) is 60.7 Å². The molecular weight excluding hydrogens is 550 g/mol. The van der Waals surface area contributed by atoms with Crippen molar-refractivity contribution in [3.63, 3.8) is 0 Å². The smallest absolute Gasteiger partial charge is 0.273 e. The minimum absolute atomic E-state index is 0.168. The zero-order valence-electron chi connectivity index (χ0n) is 24.3. The maximum absolute atomic E-state index is 14.0. The number of anilines is 4. The summed E-state index contributed by atoms with van der Waals surface area (Å²) >= 11 is 0. The number of hydrogen-bond donors (Lipinski definition) is 4. The molecule has 0 unspecified atom stereocenters. The Labute approximate surface area is 256 Å². The topological polar surface area (TPSA) is 158 Å². The second-order valence-corrected chi connectivity index (χ2v) is 10.7. The van der Waals surface area contributed by atoms with Crippen LogP contribution in [-0.4, -0.2) is 26.6 Å². The van der Waals surface area contributed by atoms with E-state index in [-0.39, 0.29) is 17.5 Å².